The summed E-state index contributed by atoms with van der Waals surface area (Å²) < 4.78 is 5.87. The first-order valence-corrected chi connectivity index (χ1v) is 30.8. The maximum atomic E-state index is 15.2. The molecule has 21 heteroatoms. The number of likely N-dealkylation sites (N-methyl/N-ethyl adjacent to an activating group) is 8. The van der Waals surface area contributed by atoms with E-state index in [1.165, 1.54) is 90.4 Å². The van der Waals surface area contributed by atoms with E-state index in [1.54, 1.807) is 46.8 Å². The number of amides is 9. The van der Waals surface area contributed by atoms with Crippen LogP contribution in [0.1, 0.15) is 134 Å². The minimum absolute atomic E-state index is 0.0634. The molecule has 0 radical (unpaired) electrons. The number of esters is 1. The van der Waals surface area contributed by atoms with Gasteiger partial charge < -0.3 is 49.7 Å². The van der Waals surface area contributed by atoms with Gasteiger partial charge in [0.1, 0.15) is 54.4 Å². The minimum Gasteiger partial charge on any atom is -0.451 e. The van der Waals surface area contributed by atoms with Crippen molar-refractivity contribution in [3.63, 3.8) is 0 Å². The predicted molar refractivity (Wildman–Crippen MR) is 335 cm³/mol. The molecule has 1 heterocycles. The Labute approximate surface area is 513 Å². The molecule has 2 aromatic carbocycles. The number of nitrogens with zero attached hydrogens (tertiary/aromatic N) is 8. The van der Waals surface area contributed by atoms with E-state index in [0.717, 1.165) is 16.3 Å². The van der Waals surface area contributed by atoms with Gasteiger partial charge in [-0.1, -0.05) is 118 Å². The lowest BCUT2D eigenvalue weighted by Gasteiger charge is -2.40. The van der Waals surface area contributed by atoms with Crippen LogP contribution in [0.15, 0.2) is 42.5 Å². The maximum absolute atomic E-state index is 15.2. The van der Waals surface area contributed by atoms with Crippen LogP contribution in [0.25, 0.3) is 10.8 Å². The van der Waals surface area contributed by atoms with Crippen molar-refractivity contribution in [3.05, 3.63) is 48.0 Å². The second-order valence-corrected chi connectivity index (χ2v) is 25.8. The van der Waals surface area contributed by atoms with Crippen molar-refractivity contribution >= 4 is 69.9 Å². The van der Waals surface area contributed by atoms with Crippen molar-refractivity contribution in [2.75, 3.05) is 70.0 Å². The van der Waals surface area contributed by atoms with Crippen molar-refractivity contribution in [2.45, 2.75) is 195 Å². The molecule has 0 unspecified atom stereocenters. The van der Waals surface area contributed by atoms with Gasteiger partial charge in [0.05, 0.1) is 0 Å². The van der Waals surface area contributed by atoms with Gasteiger partial charge in [0, 0.05) is 62.3 Å². The lowest BCUT2D eigenvalue weighted by molar-refractivity contribution is -0.169. The number of benzene rings is 2. The average Bonchev–Trinajstić information content (AvgIpc) is 1.78. The molecule has 1 fully saturated rings. The molecule has 21 nitrogen and oxygen atoms in total. The Morgan fingerprint density at radius 3 is 1.81 bits per heavy atom. The summed E-state index contributed by atoms with van der Waals surface area (Å²) in [6, 6.07) is 3.90. The minimum atomic E-state index is -1.21. The number of ether oxygens (including phenoxy) is 1. The number of carbonyl (C=O) groups is 10. The first-order chi connectivity index (χ1) is 40.0. The molecule has 1 saturated heterocycles. The first-order valence-electron chi connectivity index (χ1n) is 30.8. The van der Waals surface area contributed by atoms with Gasteiger partial charge in [-0.3, -0.25) is 52.8 Å². The largest absolute Gasteiger partial charge is 0.451 e. The summed E-state index contributed by atoms with van der Waals surface area (Å²) in [6.07, 6.45) is 0.480. The van der Waals surface area contributed by atoms with Crippen molar-refractivity contribution in [1.82, 2.24) is 49.8 Å². The van der Waals surface area contributed by atoms with Gasteiger partial charge in [0.2, 0.25) is 47.3 Å². The lowest BCUT2D eigenvalue weighted by Crippen LogP contribution is -2.61. The van der Waals surface area contributed by atoms with Crippen LogP contribution in [-0.2, 0) is 59.1 Å². The summed E-state index contributed by atoms with van der Waals surface area (Å²) in [7, 11) is 14.0. The van der Waals surface area contributed by atoms with Crippen LogP contribution >= 0.6 is 0 Å². The van der Waals surface area contributed by atoms with E-state index in [4.69, 9.17) is 4.74 Å². The molecule has 11 atom stereocenters. The van der Waals surface area contributed by atoms with E-state index in [0.29, 0.717) is 19.3 Å². The molecule has 0 aromatic heterocycles. The smallest absolute Gasteiger partial charge is 0.324 e. The Morgan fingerprint density at radius 2 is 1.26 bits per heavy atom. The normalized spacial score (nSPS) is 22.3. The van der Waals surface area contributed by atoms with E-state index < -0.39 is 131 Å². The van der Waals surface area contributed by atoms with Crippen molar-refractivity contribution in [2.24, 2.45) is 29.6 Å². The van der Waals surface area contributed by atoms with E-state index in [-0.39, 0.29) is 50.0 Å². The molecule has 0 aliphatic carbocycles. The molecule has 3 rings (SSSR count). The van der Waals surface area contributed by atoms with Crippen LogP contribution in [0, 0.1) is 29.6 Å². The van der Waals surface area contributed by atoms with Crippen molar-refractivity contribution < 1.29 is 52.7 Å². The van der Waals surface area contributed by atoms with Crippen LogP contribution < -0.4 is 10.6 Å². The fourth-order valence-electron chi connectivity index (χ4n) is 11.5. The molecule has 9 amide bonds. The Balaban J connectivity index is 2.17. The lowest BCUT2D eigenvalue weighted by atomic mass is 9.95. The van der Waals surface area contributed by atoms with Gasteiger partial charge in [-0.2, -0.15) is 0 Å². The number of hydrogen-bond donors (Lipinski definition) is 2. The van der Waals surface area contributed by atoms with Crippen LogP contribution in [0.4, 0.5) is 0 Å². The number of carbonyl (C=O) groups excluding carboxylic acids is 10. The number of rotatable bonds is 19. The van der Waals surface area contributed by atoms with Crippen molar-refractivity contribution in [3.8, 4) is 0 Å². The summed E-state index contributed by atoms with van der Waals surface area (Å²) in [6.45, 7) is 23.4. The van der Waals surface area contributed by atoms with Gasteiger partial charge in [-0.25, -0.2) is 0 Å². The monoisotopic (exact) mass is 1200 g/mol. The molecule has 2 N–H and O–H groups in total. The van der Waals surface area contributed by atoms with Gasteiger partial charge in [0.25, 0.3) is 5.91 Å². The molecule has 0 spiro atoms. The zero-order valence-electron chi connectivity index (χ0n) is 55.9. The molecule has 482 valence electrons. The SMILES string of the molecule is CC[C@H](C)[C@H]1C(=O)N[C@@H](C)C(=O)N(C)[C@@H](CC(C)C)C(=O)N[C@@H](Cc2cccc3ccccc23)C(=O)N(C)CCCC[C@H](N(C)C(=O)[C@H](CC(C)C)N(C)C(=O)[C@H](C)N(C)C(=O)[C@H](OC(=O)[C@H](C(C)C)N(C)C)C(C)C)C(=O)N(C)[C@@H](C)C(=O)N1C. The number of hydrogen-bond acceptors (Lipinski definition) is 12. The molecular formula is C65H106N10O11. The van der Waals surface area contributed by atoms with E-state index in [1.807, 2.05) is 97.9 Å². The van der Waals surface area contributed by atoms with Crippen molar-refractivity contribution in [1.29, 1.82) is 0 Å². The highest BCUT2D eigenvalue weighted by Gasteiger charge is 2.43. The highest BCUT2D eigenvalue weighted by atomic mass is 16.6. The topological polar surface area (TPSA) is 230 Å². The van der Waals surface area contributed by atoms with Gasteiger partial charge in [-0.15, -0.1) is 0 Å². The van der Waals surface area contributed by atoms with E-state index in [2.05, 4.69) is 10.6 Å². The highest BCUT2D eigenvalue weighted by Crippen LogP contribution is 2.26. The van der Waals surface area contributed by atoms with Crippen LogP contribution in [0.2, 0.25) is 0 Å². The molecule has 0 bridgehead atoms. The second-order valence-electron chi connectivity index (χ2n) is 25.8. The molecule has 2 aromatic rings. The molecule has 0 saturated carbocycles. The standard InChI is InChI=1S/C65H106N10O11/c1-23-42(10)54-57(77)66-43(11)58(78)73(20)51(35-38(2)3)56(76)67-49(37-47-31-28-30-46-29-24-25-32-48(46)47)61(81)69(16)34-27-26-33-50(62(82)70(17)45(13)60(80)75(54)22)72(19)63(83)52(36-39(4)5)74(21)59(79)44(12)71(18)64(84)55(41(8)9)86-65(85)53(40(6)7)68(14)15/h24-25,28-32,38-45,49-55H,23,26-27,33-37H2,1-22H3,(H,66,77)(H,67,76)/t42-,43-,44-,45-,49-,50-,51-,52-,53-,54-,55+/m0/s1. The summed E-state index contributed by atoms with van der Waals surface area (Å²) in [5.74, 6) is -6.81. The molecular weight excluding hydrogens is 1100 g/mol. The first kappa shape index (κ1) is 73.6. The van der Waals surface area contributed by atoms with Crippen LogP contribution in [0.3, 0.4) is 0 Å². The Hall–Kier alpha value is -6.64. The molecule has 86 heavy (non-hydrogen) atoms. The average molecular weight is 1200 g/mol. The van der Waals surface area contributed by atoms with E-state index in [9.17, 15) is 38.4 Å². The fraction of sp³-hybridized carbons (Fsp3) is 0.692. The third-order valence-electron chi connectivity index (χ3n) is 17.3. The Kier molecular flexibility index (Phi) is 28.2. The second kappa shape index (κ2) is 32.9. The zero-order chi connectivity index (χ0) is 65.5. The summed E-state index contributed by atoms with van der Waals surface area (Å²) in [5, 5.41) is 7.71. The third-order valence-corrected chi connectivity index (χ3v) is 17.3. The Morgan fingerprint density at radius 1 is 0.651 bits per heavy atom. The third kappa shape index (κ3) is 18.7. The summed E-state index contributed by atoms with van der Waals surface area (Å²) in [4.78, 5) is 157. The van der Waals surface area contributed by atoms with Gasteiger partial charge >= 0.3 is 5.97 Å². The Bertz CT molecular complexity index is 2670. The summed E-state index contributed by atoms with van der Waals surface area (Å²) >= 11 is 0. The summed E-state index contributed by atoms with van der Waals surface area (Å²) in [5.41, 5.74) is 0.820. The molecule has 1 aliphatic heterocycles. The number of fused-ring (bicyclic) bond motifs is 1. The van der Waals surface area contributed by atoms with Crippen LogP contribution in [-0.4, -0.2) is 229 Å². The predicted octanol–water partition coefficient (Wildman–Crippen LogP) is 5.31. The van der Waals surface area contributed by atoms with Gasteiger partial charge in [-0.05, 0) is 113 Å². The van der Waals surface area contributed by atoms with Gasteiger partial charge in [0.15, 0.2) is 6.10 Å². The van der Waals surface area contributed by atoms with E-state index >= 15 is 9.59 Å². The highest BCUT2D eigenvalue weighted by molar-refractivity contribution is 5.98. The quantitative estimate of drug-likeness (QED) is 0.171. The molecule has 1 aliphatic rings. The number of nitrogens with one attached hydrogen (secondary N) is 2. The van der Waals surface area contributed by atoms with Crippen LogP contribution in [0.5, 0.6) is 0 Å². The zero-order valence-corrected chi connectivity index (χ0v) is 55.9. The fourth-order valence-corrected chi connectivity index (χ4v) is 11.5. The maximum Gasteiger partial charge on any atom is 0.324 e.